The van der Waals surface area contributed by atoms with E-state index in [2.05, 4.69) is 15.4 Å². The van der Waals surface area contributed by atoms with E-state index in [1.54, 1.807) is 0 Å². The number of nitrogens with zero attached hydrogens (tertiary/aromatic N) is 3. The number of nitrogens with one attached hydrogen (secondary N) is 1. The molecular formula is C14H25N5O. The molecule has 1 aromatic rings. The van der Waals surface area contributed by atoms with Gasteiger partial charge >= 0.3 is 0 Å². The summed E-state index contributed by atoms with van der Waals surface area (Å²) in [6, 6.07) is 0. The lowest BCUT2D eigenvalue weighted by Gasteiger charge is -2.30. The van der Waals surface area contributed by atoms with Gasteiger partial charge in [0, 0.05) is 25.6 Å². The van der Waals surface area contributed by atoms with Gasteiger partial charge in [-0.25, -0.2) is 15.8 Å². The van der Waals surface area contributed by atoms with Crippen LogP contribution in [0.3, 0.4) is 0 Å². The summed E-state index contributed by atoms with van der Waals surface area (Å²) < 4.78 is 0. The monoisotopic (exact) mass is 279 g/mol. The second-order valence-corrected chi connectivity index (χ2v) is 5.72. The predicted molar refractivity (Wildman–Crippen MR) is 80.6 cm³/mol. The fourth-order valence-electron chi connectivity index (χ4n) is 2.93. The van der Waals surface area contributed by atoms with Crippen LogP contribution in [0.4, 0.5) is 11.6 Å². The van der Waals surface area contributed by atoms with Crippen molar-refractivity contribution >= 4 is 11.6 Å². The molecule has 1 aliphatic rings. The van der Waals surface area contributed by atoms with Gasteiger partial charge in [-0.05, 0) is 19.8 Å². The van der Waals surface area contributed by atoms with Crippen LogP contribution < -0.4 is 16.2 Å². The van der Waals surface area contributed by atoms with Gasteiger partial charge in [-0.2, -0.15) is 0 Å². The smallest absolute Gasteiger partial charge is 0.148 e. The third-order valence-electron chi connectivity index (χ3n) is 4.05. The molecule has 1 heterocycles. The summed E-state index contributed by atoms with van der Waals surface area (Å²) in [6.45, 7) is 4.55. The maximum Gasteiger partial charge on any atom is 0.148 e. The Morgan fingerprint density at radius 1 is 1.35 bits per heavy atom. The zero-order valence-corrected chi connectivity index (χ0v) is 12.6. The van der Waals surface area contributed by atoms with Crippen molar-refractivity contribution in [2.75, 3.05) is 23.9 Å². The minimum atomic E-state index is -0.588. The third kappa shape index (κ3) is 3.02. The quantitative estimate of drug-likeness (QED) is 0.557. The highest BCUT2D eigenvalue weighted by atomic mass is 16.3. The lowest BCUT2D eigenvalue weighted by molar-refractivity contribution is 0.0557. The number of aliphatic hydroxyl groups is 1. The van der Waals surface area contributed by atoms with E-state index in [0.29, 0.717) is 12.4 Å². The molecular weight excluding hydrogens is 254 g/mol. The summed E-state index contributed by atoms with van der Waals surface area (Å²) in [5.41, 5.74) is 2.95. The molecule has 0 unspecified atom stereocenters. The van der Waals surface area contributed by atoms with Gasteiger partial charge in [0.05, 0.1) is 5.60 Å². The molecule has 0 aromatic carbocycles. The van der Waals surface area contributed by atoms with Gasteiger partial charge in [0.1, 0.15) is 17.5 Å². The van der Waals surface area contributed by atoms with Crippen LogP contribution in [0.5, 0.6) is 0 Å². The summed E-state index contributed by atoms with van der Waals surface area (Å²) in [4.78, 5) is 11.0. The Morgan fingerprint density at radius 3 is 2.55 bits per heavy atom. The van der Waals surface area contributed by atoms with Crippen molar-refractivity contribution in [3.05, 3.63) is 11.4 Å². The third-order valence-corrected chi connectivity index (χ3v) is 4.05. The van der Waals surface area contributed by atoms with Crippen molar-refractivity contribution in [2.24, 2.45) is 5.84 Å². The summed E-state index contributed by atoms with van der Waals surface area (Å²) >= 11 is 0. The van der Waals surface area contributed by atoms with Gasteiger partial charge in [-0.15, -0.1) is 0 Å². The molecule has 1 aromatic heterocycles. The molecule has 0 saturated heterocycles. The molecule has 1 fully saturated rings. The number of hydrazine groups is 1. The van der Waals surface area contributed by atoms with Crippen LogP contribution in [-0.4, -0.2) is 34.3 Å². The first-order chi connectivity index (χ1) is 9.49. The molecule has 2 rings (SSSR count). The number of likely N-dealkylation sites (N-methyl/N-ethyl adjacent to an activating group) is 1. The van der Waals surface area contributed by atoms with Crippen molar-refractivity contribution in [1.82, 2.24) is 9.97 Å². The lowest BCUT2D eigenvalue weighted by atomic mass is 10.0. The molecule has 112 valence electrons. The van der Waals surface area contributed by atoms with E-state index in [-0.39, 0.29) is 0 Å². The Balaban J connectivity index is 2.26. The average Bonchev–Trinajstić information content (AvgIpc) is 2.85. The van der Waals surface area contributed by atoms with Crippen LogP contribution in [0.2, 0.25) is 0 Å². The molecule has 1 saturated carbocycles. The van der Waals surface area contributed by atoms with E-state index in [4.69, 9.17) is 5.84 Å². The van der Waals surface area contributed by atoms with Gasteiger partial charge in [0.25, 0.3) is 0 Å². The molecule has 20 heavy (non-hydrogen) atoms. The standard InChI is InChI=1S/C14H25N5O/c1-4-11-16-12(18-15)10(2)13(17-11)19(3)9-14(20)7-5-6-8-14/h20H,4-9,15H2,1-3H3,(H,16,17,18). The molecule has 4 N–H and O–H groups in total. The number of nitrogens with two attached hydrogens (primary N) is 1. The first-order valence-electron chi connectivity index (χ1n) is 7.27. The first-order valence-corrected chi connectivity index (χ1v) is 7.27. The number of nitrogen functional groups attached to an aromatic ring is 1. The Labute approximate surface area is 120 Å². The molecule has 0 radical (unpaired) electrons. The van der Waals surface area contributed by atoms with Crippen molar-refractivity contribution in [2.45, 2.75) is 51.6 Å². The summed E-state index contributed by atoms with van der Waals surface area (Å²) in [7, 11) is 1.96. The zero-order chi connectivity index (χ0) is 14.8. The number of anilines is 2. The largest absolute Gasteiger partial charge is 0.388 e. The highest BCUT2D eigenvalue weighted by Crippen LogP contribution is 2.32. The highest BCUT2D eigenvalue weighted by molar-refractivity contribution is 5.58. The normalized spacial score (nSPS) is 17.2. The minimum absolute atomic E-state index is 0.588. The van der Waals surface area contributed by atoms with E-state index in [1.807, 2.05) is 25.8 Å². The maximum absolute atomic E-state index is 10.5. The Kier molecular flexibility index (Phi) is 4.45. The second-order valence-electron chi connectivity index (χ2n) is 5.72. The predicted octanol–water partition coefficient (Wildman–Crippen LogP) is 1.37. The second kappa shape index (κ2) is 5.93. The molecule has 0 amide bonds. The topological polar surface area (TPSA) is 87.3 Å². The number of aryl methyl sites for hydroxylation is 1. The highest BCUT2D eigenvalue weighted by Gasteiger charge is 2.33. The van der Waals surface area contributed by atoms with Gasteiger partial charge in [0.2, 0.25) is 0 Å². The molecule has 0 spiro atoms. The molecule has 6 heteroatoms. The minimum Gasteiger partial charge on any atom is -0.388 e. The molecule has 6 nitrogen and oxygen atoms in total. The van der Waals surface area contributed by atoms with Crippen LogP contribution in [0, 0.1) is 6.92 Å². The van der Waals surface area contributed by atoms with Crippen molar-refractivity contribution < 1.29 is 5.11 Å². The van der Waals surface area contributed by atoms with Gasteiger partial charge in [0.15, 0.2) is 0 Å². The van der Waals surface area contributed by atoms with Gasteiger partial charge in [-0.1, -0.05) is 19.8 Å². The van der Waals surface area contributed by atoms with Crippen LogP contribution in [0.15, 0.2) is 0 Å². The van der Waals surface area contributed by atoms with E-state index in [1.165, 1.54) is 0 Å². The Morgan fingerprint density at radius 2 is 2.00 bits per heavy atom. The zero-order valence-electron chi connectivity index (χ0n) is 12.6. The van der Waals surface area contributed by atoms with Gasteiger partial charge < -0.3 is 15.4 Å². The summed E-state index contributed by atoms with van der Waals surface area (Å²) in [6.07, 6.45) is 4.68. The Hall–Kier alpha value is -1.40. The van der Waals surface area contributed by atoms with Crippen molar-refractivity contribution in [3.63, 3.8) is 0 Å². The molecule has 1 aliphatic carbocycles. The van der Waals surface area contributed by atoms with Crippen LogP contribution in [0.25, 0.3) is 0 Å². The van der Waals surface area contributed by atoms with Crippen LogP contribution >= 0.6 is 0 Å². The van der Waals surface area contributed by atoms with Crippen molar-refractivity contribution in [3.8, 4) is 0 Å². The number of rotatable bonds is 5. The van der Waals surface area contributed by atoms with Crippen molar-refractivity contribution in [1.29, 1.82) is 0 Å². The lowest BCUT2D eigenvalue weighted by Crippen LogP contribution is -2.40. The summed E-state index contributed by atoms with van der Waals surface area (Å²) in [5, 5.41) is 10.5. The van der Waals surface area contributed by atoms with Crippen LogP contribution in [0.1, 0.15) is 44.0 Å². The summed E-state index contributed by atoms with van der Waals surface area (Å²) in [5.74, 6) is 7.77. The molecule has 0 bridgehead atoms. The Bertz CT molecular complexity index is 471. The fraction of sp³-hybridized carbons (Fsp3) is 0.714. The maximum atomic E-state index is 10.5. The fourth-order valence-corrected chi connectivity index (χ4v) is 2.93. The average molecular weight is 279 g/mol. The number of aromatic nitrogens is 2. The SMILES string of the molecule is CCc1nc(NN)c(C)c(N(C)CC2(O)CCCC2)n1. The van der Waals surface area contributed by atoms with E-state index >= 15 is 0 Å². The number of hydrogen-bond acceptors (Lipinski definition) is 6. The molecule has 0 atom stereocenters. The number of hydrogen-bond donors (Lipinski definition) is 3. The van der Waals surface area contributed by atoms with E-state index in [0.717, 1.165) is 49.3 Å². The first kappa shape index (κ1) is 15.0. The van der Waals surface area contributed by atoms with E-state index in [9.17, 15) is 5.11 Å². The molecule has 0 aliphatic heterocycles. The van der Waals surface area contributed by atoms with E-state index < -0.39 is 5.60 Å². The van der Waals surface area contributed by atoms with Crippen LogP contribution in [-0.2, 0) is 6.42 Å². The van der Waals surface area contributed by atoms with Gasteiger partial charge in [-0.3, -0.25) is 0 Å².